The normalized spacial score (nSPS) is 10.3. The number of nitrogens with zero attached hydrogens (tertiary/aromatic N) is 1. The molecule has 0 spiro atoms. The molecular weight excluding hydrogens is 290 g/mol. The lowest BCUT2D eigenvalue weighted by Gasteiger charge is -2.07. The predicted molar refractivity (Wildman–Crippen MR) is 79.7 cm³/mol. The summed E-state index contributed by atoms with van der Waals surface area (Å²) in [5.74, 6) is -0.884. The summed E-state index contributed by atoms with van der Waals surface area (Å²) in [5, 5.41) is 19.8. The number of nitro benzene ring substituents is 1. The Morgan fingerprint density at radius 1 is 1.24 bits per heavy atom. The standard InChI is InChI=1S/C15H13NO4S/c1-10-3-2-4-13(16(19)20)15(10)21-12-7-5-11(6-8-12)9-14(17)18/h2-8H,9H2,1H3,(H,17,18). The molecule has 0 saturated heterocycles. The first kappa shape index (κ1) is 15.1. The second kappa shape index (κ2) is 6.41. The van der Waals surface area contributed by atoms with Gasteiger partial charge in [-0.1, -0.05) is 36.0 Å². The summed E-state index contributed by atoms with van der Waals surface area (Å²) in [6, 6.07) is 12.0. The van der Waals surface area contributed by atoms with Gasteiger partial charge < -0.3 is 5.11 Å². The SMILES string of the molecule is Cc1cccc([N+](=O)[O-])c1Sc1ccc(CC(=O)O)cc1. The molecular formula is C15H13NO4S. The van der Waals surface area contributed by atoms with Crippen LogP contribution >= 0.6 is 11.8 Å². The molecule has 108 valence electrons. The Balaban J connectivity index is 2.26. The van der Waals surface area contributed by atoms with Gasteiger partial charge in [0.1, 0.15) is 0 Å². The van der Waals surface area contributed by atoms with Crippen LogP contribution < -0.4 is 0 Å². The molecule has 5 nitrogen and oxygen atoms in total. The summed E-state index contributed by atoms with van der Waals surface area (Å²) in [6.07, 6.45) is -0.0323. The van der Waals surface area contributed by atoms with Gasteiger partial charge >= 0.3 is 5.97 Å². The highest BCUT2D eigenvalue weighted by molar-refractivity contribution is 7.99. The van der Waals surface area contributed by atoms with Crippen LogP contribution in [0.3, 0.4) is 0 Å². The van der Waals surface area contributed by atoms with Gasteiger partial charge in [0.25, 0.3) is 5.69 Å². The molecule has 0 amide bonds. The van der Waals surface area contributed by atoms with E-state index in [0.717, 1.165) is 10.5 Å². The quantitative estimate of drug-likeness (QED) is 0.673. The van der Waals surface area contributed by atoms with E-state index in [1.165, 1.54) is 17.8 Å². The number of rotatable bonds is 5. The third kappa shape index (κ3) is 3.82. The van der Waals surface area contributed by atoms with E-state index in [2.05, 4.69) is 0 Å². The average molecular weight is 303 g/mol. The number of carboxylic acid groups (broad SMARTS) is 1. The number of hydrogen-bond acceptors (Lipinski definition) is 4. The van der Waals surface area contributed by atoms with Crippen LogP contribution in [0.1, 0.15) is 11.1 Å². The van der Waals surface area contributed by atoms with Gasteiger partial charge in [-0.2, -0.15) is 0 Å². The molecule has 21 heavy (non-hydrogen) atoms. The van der Waals surface area contributed by atoms with Gasteiger partial charge in [0.05, 0.1) is 16.2 Å². The van der Waals surface area contributed by atoms with Crippen molar-refractivity contribution in [1.29, 1.82) is 0 Å². The molecule has 2 aromatic carbocycles. The number of carboxylic acids is 1. The Hall–Kier alpha value is -2.34. The van der Waals surface area contributed by atoms with Crippen molar-refractivity contribution in [3.63, 3.8) is 0 Å². The second-order valence-electron chi connectivity index (χ2n) is 4.50. The topological polar surface area (TPSA) is 80.4 Å². The summed E-state index contributed by atoms with van der Waals surface area (Å²) in [5.41, 5.74) is 1.62. The lowest BCUT2D eigenvalue weighted by atomic mass is 10.2. The van der Waals surface area contributed by atoms with Gasteiger partial charge in [-0.05, 0) is 30.2 Å². The largest absolute Gasteiger partial charge is 0.481 e. The van der Waals surface area contributed by atoms with Crippen LogP contribution in [0, 0.1) is 17.0 Å². The number of aliphatic carboxylic acids is 1. The van der Waals surface area contributed by atoms with Crippen LogP contribution in [-0.2, 0) is 11.2 Å². The van der Waals surface area contributed by atoms with Crippen LogP contribution in [0.2, 0.25) is 0 Å². The van der Waals surface area contributed by atoms with Crippen molar-refractivity contribution >= 4 is 23.4 Å². The molecule has 2 aromatic rings. The predicted octanol–water partition coefficient (Wildman–Crippen LogP) is 3.68. The molecule has 0 saturated carbocycles. The molecule has 0 aliphatic carbocycles. The Labute approximate surface area is 125 Å². The van der Waals surface area contributed by atoms with E-state index in [1.807, 2.05) is 13.0 Å². The summed E-state index contributed by atoms with van der Waals surface area (Å²) >= 11 is 1.31. The van der Waals surface area contributed by atoms with E-state index in [0.29, 0.717) is 10.5 Å². The molecule has 6 heteroatoms. The number of aryl methyl sites for hydroxylation is 1. The van der Waals surface area contributed by atoms with Crippen LogP contribution in [0.25, 0.3) is 0 Å². The van der Waals surface area contributed by atoms with Crippen molar-refractivity contribution in [3.8, 4) is 0 Å². The molecule has 0 heterocycles. The fourth-order valence-corrected chi connectivity index (χ4v) is 2.87. The van der Waals surface area contributed by atoms with E-state index in [-0.39, 0.29) is 12.1 Å². The van der Waals surface area contributed by atoms with Gasteiger partial charge in [0.2, 0.25) is 0 Å². The molecule has 0 fully saturated rings. The number of carbonyl (C=O) groups is 1. The molecule has 0 aliphatic heterocycles. The fourth-order valence-electron chi connectivity index (χ4n) is 1.88. The molecule has 0 aliphatic rings. The van der Waals surface area contributed by atoms with Gasteiger partial charge in [0.15, 0.2) is 0 Å². The third-order valence-electron chi connectivity index (χ3n) is 2.89. The Kier molecular flexibility index (Phi) is 4.59. The third-order valence-corrected chi connectivity index (χ3v) is 4.13. The fraction of sp³-hybridized carbons (Fsp3) is 0.133. The zero-order valence-corrected chi connectivity index (χ0v) is 12.1. The molecule has 0 bridgehead atoms. The van der Waals surface area contributed by atoms with Crippen molar-refractivity contribution in [3.05, 3.63) is 63.7 Å². The maximum absolute atomic E-state index is 11.1. The maximum atomic E-state index is 11.1. The van der Waals surface area contributed by atoms with E-state index < -0.39 is 10.9 Å². The summed E-state index contributed by atoms with van der Waals surface area (Å²) in [4.78, 5) is 22.7. The van der Waals surface area contributed by atoms with E-state index in [4.69, 9.17) is 5.11 Å². The van der Waals surface area contributed by atoms with Crippen LogP contribution in [0.5, 0.6) is 0 Å². The Morgan fingerprint density at radius 2 is 1.90 bits per heavy atom. The monoisotopic (exact) mass is 303 g/mol. The minimum Gasteiger partial charge on any atom is -0.481 e. The Morgan fingerprint density at radius 3 is 2.48 bits per heavy atom. The summed E-state index contributed by atoms with van der Waals surface area (Å²) in [7, 11) is 0. The van der Waals surface area contributed by atoms with Gasteiger partial charge in [-0.25, -0.2) is 0 Å². The van der Waals surface area contributed by atoms with Crippen LogP contribution in [0.15, 0.2) is 52.3 Å². The molecule has 1 N–H and O–H groups in total. The molecule has 0 radical (unpaired) electrons. The van der Waals surface area contributed by atoms with Crippen molar-refractivity contribution in [1.82, 2.24) is 0 Å². The molecule has 0 aromatic heterocycles. The summed E-state index contributed by atoms with van der Waals surface area (Å²) < 4.78 is 0. The lowest BCUT2D eigenvalue weighted by molar-refractivity contribution is -0.387. The van der Waals surface area contributed by atoms with E-state index >= 15 is 0 Å². The van der Waals surface area contributed by atoms with Gasteiger partial charge in [-0.15, -0.1) is 0 Å². The zero-order valence-electron chi connectivity index (χ0n) is 11.3. The molecule has 0 atom stereocenters. The zero-order chi connectivity index (χ0) is 15.4. The average Bonchev–Trinajstić information content (AvgIpc) is 2.42. The Bertz CT molecular complexity index is 683. The van der Waals surface area contributed by atoms with E-state index in [1.54, 1.807) is 30.3 Å². The van der Waals surface area contributed by atoms with Gasteiger partial charge in [-0.3, -0.25) is 14.9 Å². The first-order chi connectivity index (χ1) is 9.97. The second-order valence-corrected chi connectivity index (χ2v) is 5.58. The van der Waals surface area contributed by atoms with Crippen molar-refractivity contribution in [2.24, 2.45) is 0 Å². The molecule has 2 rings (SSSR count). The van der Waals surface area contributed by atoms with Crippen molar-refractivity contribution in [2.45, 2.75) is 23.1 Å². The van der Waals surface area contributed by atoms with E-state index in [9.17, 15) is 14.9 Å². The van der Waals surface area contributed by atoms with Crippen molar-refractivity contribution < 1.29 is 14.8 Å². The number of nitro groups is 1. The smallest absolute Gasteiger partial charge is 0.307 e. The number of hydrogen-bond donors (Lipinski definition) is 1. The lowest BCUT2D eigenvalue weighted by Crippen LogP contribution is -1.99. The number of benzene rings is 2. The minimum atomic E-state index is -0.884. The highest BCUT2D eigenvalue weighted by Crippen LogP contribution is 2.37. The minimum absolute atomic E-state index is 0.0323. The maximum Gasteiger partial charge on any atom is 0.307 e. The van der Waals surface area contributed by atoms with Crippen LogP contribution in [-0.4, -0.2) is 16.0 Å². The van der Waals surface area contributed by atoms with Crippen LogP contribution in [0.4, 0.5) is 5.69 Å². The highest BCUT2D eigenvalue weighted by Gasteiger charge is 2.16. The first-order valence-electron chi connectivity index (χ1n) is 6.20. The molecule has 0 unspecified atom stereocenters. The highest BCUT2D eigenvalue weighted by atomic mass is 32.2. The summed E-state index contributed by atoms with van der Waals surface area (Å²) in [6.45, 7) is 1.83. The van der Waals surface area contributed by atoms with Gasteiger partial charge in [0, 0.05) is 11.0 Å². The first-order valence-corrected chi connectivity index (χ1v) is 7.01. The van der Waals surface area contributed by atoms with Crippen molar-refractivity contribution in [2.75, 3.05) is 0 Å².